The van der Waals surface area contributed by atoms with Gasteiger partial charge in [-0.25, -0.2) is 0 Å². The average molecular weight is 235 g/mol. The summed E-state index contributed by atoms with van der Waals surface area (Å²) in [5.41, 5.74) is 3.81. The molecule has 0 bridgehead atoms. The molecule has 1 aliphatic carbocycles. The maximum absolute atomic E-state index is 4.49. The van der Waals surface area contributed by atoms with Crippen LogP contribution >= 0.6 is 0 Å². The van der Waals surface area contributed by atoms with Crippen LogP contribution in [0.2, 0.25) is 0 Å². The Morgan fingerprint density at radius 3 is 2.47 bits per heavy atom. The van der Waals surface area contributed by atoms with Crippen molar-refractivity contribution in [2.24, 2.45) is 13.0 Å². The minimum absolute atomic E-state index is 0.400. The van der Waals surface area contributed by atoms with Gasteiger partial charge in [-0.3, -0.25) is 4.68 Å². The summed E-state index contributed by atoms with van der Waals surface area (Å²) >= 11 is 0. The smallest absolute Gasteiger partial charge is 0.0644 e. The third-order valence-corrected chi connectivity index (χ3v) is 3.92. The summed E-state index contributed by atoms with van der Waals surface area (Å²) in [6.07, 6.45) is 4.19. The van der Waals surface area contributed by atoms with Crippen molar-refractivity contribution in [2.75, 3.05) is 0 Å². The van der Waals surface area contributed by atoms with Gasteiger partial charge in [-0.05, 0) is 40.0 Å². The zero-order chi connectivity index (χ0) is 12.6. The molecule has 1 saturated carbocycles. The second-order valence-electron chi connectivity index (χ2n) is 5.68. The number of nitrogens with one attached hydrogen (secondary N) is 1. The van der Waals surface area contributed by atoms with Crippen LogP contribution in [-0.4, -0.2) is 15.8 Å². The van der Waals surface area contributed by atoms with Crippen LogP contribution in [0.3, 0.4) is 0 Å². The van der Waals surface area contributed by atoms with Crippen molar-refractivity contribution in [3.05, 3.63) is 17.0 Å². The predicted molar refractivity (Wildman–Crippen MR) is 71.0 cm³/mol. The van der Waals surface area contributed by atoms with Crippen LogP contribution in [0.5, 0.6) is 0 Å². The van der Waals surface area contributed by atoms with Crippen LogP contribution in [0.25, 0.3) is 0 Å². The lowest BCUT2D eigenvalue weighted by molar-refractivity contribution is 0.436. The van der Waals surface area contributed by atoms with Gasteiger partial charge in [0.15, 0.2) is 0 Å². The lowest BCUT2D eigenvalue weighted by Crippen LogP contribution is -2.29. The monoisotopic (exact) mass is 235 g/mol. The standard InChI is InChI=1S/C14H25N3/c1-9(8-13-6-7-13)15-10(2)14-11(3)16-17(5)12(14)4/h9-10,13,15H,6-8H2,1-5H3. The summed E-state index contributed by atoms with van der Waals surface area (Å²) in [5, 5.41) is 8.20. The Labute approximate surface area is 105 Å². The van der Waals surface area contributed by atoms with E-state index in [0.717, 1.165) is 11.6 Å². The summed E-state index contributed by atoms with van der Waals surface area (Å²) in [7, 11) is 2.02. The average Bonchev–Trinajstić information content (AvgIpc) is 2.96. The van der Waals surface area contributed by atoms with Crippen LogP contribution in [0.15, 0.2) is 0 Å². The van der Waals surface area contributed by atoms with Crippen molar-refractivity contribution in [1.29, 1.82) is 0 Å². The molecule has 0 aliphatic heterocycles. The third kappa shape index (κ3) is 2.89. The summed E-state index contributed by atoms with van der Waals surface area (Å²) in [6, 6.07) is 1.01. The summed E-state index contributed by atoms with van der Waals surface area (Å²) in [5.74, 6) is 0.987. The predicted octanol–water partition coefficient (Wildman–Crippen LogP) is 2.88. The Kier molecular flexibility index (Phi) is 3.57. The van der Waals surface area contributed by atoms with Crippen LogP contribution in [-0.2, 0) is 7.05 Å². The minimum atomic E-state index is 0.400. The number of nitrogens with zero attached hydrogens (tertiary/aromatic N) is 2. The van der Waals surface area contributed by atoms with Crippen LogP contribution < -0.4 is 5.32 Å². The highest BCUT2D eigenvalue weighted by atomic mass is 15.3. The molecule has 1 heterocycles. The quantitative estimate of drug-likeness (QED) is 0.850. The van der Waals surface area contributed by atoms with Gasteiger partial charge in [-0.15, -0.1) is 0 Å². The van der Waals surface area contributed by atoms with E-state index >= 15 is 0 Å². The molecule has 0 amide bonds. The van der Waals surface area contributed by atoms with Crippen molar-refractivity contribution in [1.82, 2.24) is 15.1 Å². The molecule has 1 N–H and O–H groups in total. The van der Waals surface area contributed by atoms with Gasteiger partial charge < -0.3 is 5.32 Å². The first-order valence-electron chi connectivity index (χ1n) is 6.75. The molecule has 0 spiro atoms. The number of rotatable bonds is 5. The Morgan fingerprint density at radius 1 is 1.35 bits per heavy atom. The molecule has 2 atom stereocenters. The summed E-state index contributed by atoms with van der Waals surface area (Å²) < 4.78 is 1.98. The molecule has 1 fully saturated rings. The Morgan fingerprint density at radius 2 is 2.00 bits per heavy atom. The van der Waals surface area contributed by atoms with E-state index in [9.17, 15) is 0 Å². The van der Waals surface area contributed by atoms with Crippen LogP contribution in [0.4, 0.5) is 0 Å². The van der Waals surface area contributed by atoms with Crippen molar-refractivity contribution in [3.8, 4) is 0 Å². The molecule has 2 rings (SSSR count). The van der Waals surface area contributed by atoms with Gasteiger partial charge in [0, 0.05) is 30.4 Å². The SMILES string of the molecule is Cc1nn(C)c(C)c1C(C)NC(C)CC1CC1. The Balaban J connectivity index is 2.00. The zero-order valence-corrected chi connectivity index (χ0v) is 11.7. The lowest BCUT2D eigenvalue weighted by atomic mass is 10.0. The van der Waals surface area contributed by atoms with Gasteiger partial charge in [0.05, 0.1) is 5.69 Å². The molecule has 1 aromatic rings. The van der Waals surface area contributed by atoms with E-state index in [2.05, 4.69) is 38.1 Å². The second-order valence-corrected chi connectivity index (χ2v) is 5.68. The normalized spacial score (nSPS) is 19.4. The molecular formula is C14H25N3. The highest BCUT2D eigenvalue weighted by Gasteiger charge is 2.25. The van der Waals surface area contributed by atoms with E-state index < -0.39 is 0 Å². The maximum Gasteiger partial charge on any atom is 0.0644 e. The number of aromatic nitrogens is 2. The molecule has 0 radical (unpaired) electrons. The third-order valence-electron chi connectivity index (χ3n) is 3.92. The molecule has 1 aromatic heterocycles. The van der Waals surface area contributed by atoms with Crippen molar-refractivity contribution < 1.29 is 0 Å². The zero-order valence-electron chi connectivity index (χ0n) is 11.7. The number of aryl methyl sites for hydroxylation is 2. The second kappa shape index (κ2) is 4.81. The molecule has 3 nitrogen and oxygen atoms in total. The van der Waals surface area contributed by atoms with E-state index in [0.29, 0.717) is 12.1 Å². The topological polar surface area (TPSA) is 29.9 Å². The van der Waals surface area contributed by atoms with Gasteiger partial charge in [0.1, 0.15) is 0 Å². The first kappa shape index (κ1) is 12.6. The number of hydrogen-bond donors (Lipinski definition) is 1. The van der Waals surface area contributed by atoms with Gasteiger partial charge in [0.25, 0.3) is 0 Å². The van der Waals surface area contributed by atoms with Gasteiger partial charge in [-0.2, -0.15) is 5.10 Å². The molecule has 2 unspecified atom stereocenters. The van der Waals surface area contributed by atoms with Crippen LogP contribution in [0.1, 0.15) is 56.1 Å². The first-order valence-corrected chi connectivity index (χ1v) is 6.75. The minimum Gasteiger partial charge on any atom is -0.308 e. The van der Waals surface area contributed by atoms with Gasteiger partial charge in [0.2, 0.25) is 0 Å². The molecule has 17 heavy (non-hydrogen) atoms. The molecule has 0 saturated heterocycles. The highest BCUT2D eigenvalue weighted by molar-refractivity contribution is 5.27. The van der Waals surface area contributed by atoms with E-state index in [1.54, 1.807) is 0 Å². The lowest BCUT2D eigenvalue weighted by Gasteiger charge is -2.20. The van der Waals surface area contributed by atoms with Crippen molar-refractivity contribution in [3.63, 3.8) is 0 Å². The summed E-state index contributed by atoms with van der Waals surface area (Å²) in [6.45, 7) is 8.81. The molecular weight excluding hydrogens is 210 g/mol. The van der Waals surface area contributed by atoms with E-state index in [-0.39, 0.29) is 0 Å². The van der Waals surface area contributed by atoms with E-state index in [1.165, 1.54) is 30.5 Å². The van der Waals surface area contributed by atoms with Crippen molar-refractivity contribution >= 4 is 0 Å². The maximum atomic E-state index is 4.49. The molecule has 3 heteroatoms. The Hall–Kier alpha value is -0.830. The fourth-order valence-corrected chi connectivity index (χ4v) is 2.85. The van der Waals surface area contributed by atoms with E-state index in [4.69, 9.17) is 0 Å². The molecule has 1 aliphatic rings. The highest BCUT2D eigenvalue weighted by Crippen LogP contribution is 2.34. The van der Waals surface area contributed by atoms with Crippen molar-refractivity contribution in [2.45, 2.75) is 59.0 Å². The first-order chi connectivity index (χ1) is 7.99. The molecule has 96 valence electrons. The fraction of sp³-hybridized carbons (Fsp3) is 0.786. The van der Waals surface area contributed by atoms with E-state index in [1.807, 2.05) is 11.7 Å². The molecule has 0 aromatic carbocycles. The van der Waals surface area contributed by atoms with Gasteiger partial charge >= 0.3 is 0 Å². The Bertz CT molecular complexity index is 390. The number of hydrogen-bond acceptors (Lipinski definition) is 2. The fourth-order valence-electron chi connectivity index (χ4n) is 2.85. The summed E-state index contributed by atoms with van der Waals surface area (Å²) in [4.78, 5) is 0. The van der Waals surface area contributed by atoms with Crippen LogP contribution in [0, 0.1) is 19.8 Å². The van der Waals surface area contributed by atoms with Gasteiger partial charge in [-0.1, -0.05) is 12.8 Å². The largest absolute Gasteiger partial charge is 0.308 e.